The lowest BCUT2D eigenvalue weighted by atomic mass is 10.1. The number of piperidine rings is 1. The fourth-order valence-electron chi connectivity index (χ4n) is 4.00. The van der Waals surface area contributed by atoms with Gasteiger partial charge in [-0.25, -0.2) is 27.9 Å². The van der Waals surface area contributed by atoms with Gasteiger partial charge in [0.2, 0.25) is 16.0 Å². The van der Waals surface area contributed by atoms with Crippen molar-refractivity contribution in [2.45, 2.75) is 37.2 Å². The van der Waals surface area contributed by atoms with Crippen LogP contribution >= 0.6 is 0 Å². The molecule has 10 heteroatoms. The maximum atomic E-state index is 13.0. The van der Waals surface area contributed by atoms with Crippen molar-refractivity contribution in [3.05, 3.63) is 54.4 Å². The van der Waals surface area contributed by atoms with E-state index in [-0.39, 0.29) is 19.2 Å². The van der Waals surface area contributed by atoms with Crippen LogP contribution in [0, 0.1) is 0 Å². The molecule has 2 atom stereocenters. The van der Waals surface area contributed by atoms with Crippen molar-refractivity contribution in [2.24, 2.45) is 0 Å². The maximum Gasteiger partial charge on any atom is 0.410 e. The van der Waals surface area contributed by atoms with E-state index in [2.05, 4.69) is 14.7 Å². The molecule has 166 valence electrons. The fraction of sp³-hybridized carbons (Fsp3) is 0.476. The highest BCUT2D eigenvalue weighted by Crippen LogP contribution is 2.21. The molecule has 1 aromatic carbocycles. The average Bonchev–Trinajstić information content (AvgIpc) is 3.30. The molecule has 0 saturated carbocycles. The van der Waals surface area contributed by atoms with Crippen LogP contribution in [0.2, 0.25) is 0 Å². The number of sulfonamides is 1. The molecular weight excluding hydrogens is 418 g/mol. The summed E-state index contributed by atoms with van der Waals surface area (Å²) < 4.78 is 34.1. The van der Waals surface area contributed by atoms with Gasteiger partial charge in [0, 0.05) is 44.6 Å². The minimum atomic E-state index is -3.57. The summed E-state index contributed by atoms with van der Waals surface area (Å²) in [7, 11) is -3.57. The number of benzene rings is 1. The molecule has 2 saturated heterocycles. The molecule has 2 aliphatic rings. The summed E-state index contributed by atoms with van der Waals surface area (Å²) in [5.74, 6) is 0.611. The van der Waals surface area contributed by atoms with Crippen LogP contribution in [-0.2, 0) is 21.4 Å². The molecule has 4 rings (SSSR count). The van der Waals surface area contributed by atoms with E-state index in [0.717, 1.165) is 24.9 Å². The van der Waals surface area contributed by atoms with Gasteiger partial charge in [0.25, 0.3) is 0 Å². The van der Waals surface area contributed by atoms with Gasteiger partial charge in [-0.1, -0.05) is 30.3 Å². The number of anilines is 1. The Morgan fingerprint density at radius 3 is 2.61 bits per heavy atom. The zero-order valence-corrected chi connectivity index (χ0v) is 18.1. The monoisotopic (exact) mass is 445 g/mol. The van der Waals surface area contributed by atoms with Crippen molar-refractivity contribution >= 4 is 22.1 Å². The number of nitrogens with one attached hydrogen (secondary N) is 1. The molecule has 0 radical (unpaired) electrons. The third-order valence-electron chi connectivity index (χ3n) is 5.63. The lowest BCUT2D eigenvalue weighted by molar-refractivity contribution is 0.104. The first-order chi connectivity index (χ1) is 15.0. The SMILES string of the molecule is O=C(OCc1ccccc1)N1CC[C@H](S(=O)(=O)N[C@@H]2CCCN(c3ncccn3)C2)C1. The minimum Gasteiger partial charge on any atom is -0.445 e. The van der Waals surface area contributed by atoms with Gasteiger partial charge in [0.15, 0.2) is 0 Å². The van der Waals surface area contributed by atoms with E-state index >= 15 is 0 Å². The van der Waals surface area contributed by atoms with Crippen LogP contribution in [0.25, 0.3) is 0 Å². The predicted octanol–water partition coefficient (Wildman–Crippen LogP) is 1.78. The van der Waals surface area contributed by atoms with E-state index in [1.165, 1.54) is 4.90 Å². The maximum absolute atomic E-state index is 13.0. The van der Waals surface area contributed by atoms with Gasteiger partial charge in [-0.2, -0.15) is 0 Å². The van der Waals surface area contributed by atoms with Crippen LogP contribution in [0.1, 0.15) is 24.8 Å². The molecule has 3 heterocycles. The molecule has 31 heavy (non-hydrogen) atoms. The molecule has 1 N–H and O–H groups in total. The number of hydrogen-bond acceptors (Lipinski definition) is 7. The topological polar surface area (TPSA) is 105 Å². The second-order valence-corrected chi connectivity index (χ2v) is 9.89. The van der Waals surface area contributed by atoms with E-state index in [4.69, 9.17) is 4.74 Å². The molecule has 2 aliphatic heterocycles. The van der Waals surface area contributed by atoms with Crippen LogP contribution in [0.5, 0.6) is 0 Å². The fourth-order valence-corrected chi connectivity index (χ4v) is 5.64. The Balaban J connectivity index is 1.29. The Morgan fingerprint density at radius 1 is 1.06 bits per heavy atom. The van der Waals surface area contributed by atoms with Crippen LogP contribution in [-0.4, -0.2) is 66.8 Å². The Kier molecular flexibility index (Phi) is 6.67. The van der Waals surface area contributed by atoms with Crippen molar-refractivity contribution in [1.29, 1.82) is 0 Å². The summed E-state index contributed by atoms with van der Waals surface area (Å²) in [6.07, 6.45) is 4.90. The summed E-state index contributed by atoms with van der Waals surface area (Å²) >= 11 is 0. The highest BCUT2D eigenvalue weighted by atomic mass is 32.2. The number of carbonyl (C=O) groups excluding carboxylic acids is 1. The standard InChI is InChI=1S/C21H27N5O4S/c27-21(30-16-17-6-2-1-3-7-17)26-13-9-19(15-26)31(28,29)24-18-8-4-12-25(14-18)20-22-10-5-11-23-20/h1-3,5-7,10-11,18-19,24H,4,8-9,12-16H2/t18-,19+/m1/s1. The molecule has 0 spiro atoms. The lowest BCUT2D eigenvalue weighted by Gasteiger charge is -2.33. The number of amides is 1. The third-order valence-corrected chi connectivity index (χ3v) is 7.56. The van der Waals surface area contributed by atoms with Gasteiger partial charge >= 0.3 is 6.09 Å². The molecular formula is C21H27N5O4S. The van der Waals surface area contributed by atoms with Crippen molar-refractivity contribution in [3.63, 3.8) is 0 Å². The van der Waals surface area contributed by atoms with Gasteiger partial charge in [-0.05, 0) is 30.9 Å². The van der Waals surface area contributed by atoms with E-state index in [1.807, 2.05) is 35.2 Å². The number of ether oxygens (including phenoxy) is 1. The van der Waals surface area contributed by atoms with Crippen molar-refractivity contribution in [2.75, 3.05) is 31.1 Å². The van der Waals surface area contributed by atoms with Gasteiger partial charge in [0.1, 0.15) is 6.61 Å². The molecule has 2 aromatic rings. The Morgan fingerprint density at radius 2 is 1.84 bits per heavy atom. The molecule has 2 fully saturated rings. The summed E-state index contributed by atoms with van der Waals surface area (Å²) in [5, 5.41) is -0.639. The number of likely N-dealkylation sites (tertiary alicyclic amines) is 1. The number of hydrogen-bond donors (Lipinski definition) is 1. The summed E-state index contributed by atoms with van der Waals surface area (Å²) in [4.78, 5) is 24.3. The van der Waals surface area contributed by atoms with Gasteiger partial charge < -0.3 is 14.5 Å². The van der Waals surface area contributed by atoms with Crippen molar-refractivity contribution < 1.29 is 17.9 Å². The largest absolute Gasteiger partial charge is 0.445 e. The zero-order valence-electron chi connectivity index (χ0n) is 17.3. The van der Waals surface area contributed by atoms with Crippen LogP contribution < -0.4 is 9.62 Å². The highest BCUT2D eigenvalue weighted by molar-refractivity contribution is 7.90. The molecule has 1 aromatic heterocycles. The Hall–Kier alpha value is -2.72. The zero-order chi connectivity index (χ0) is 21.7. The van der Waals surface area contributed by atoms with Crippen LogP contribution in [0.15, 0.2) is 48.8 Å². The summed E-state index contributed by atoms with van der Waals surface area (Å²) in [6.45, 7) is 2.01. The minimum absolute atomic E-state index is 0.140. The normalized spacial score (nSPS) is 21.8. The third kappa shape index (κ3) is 5.50. The summed E-state index contributed by atoms with van der Waals surface area (Å²) in [5.41, 5.74) is 0.894. The Labute approximate surface area is 182 Å². The molecule has 0 bridgehead atoms. The van der Waals surface area contributed by atoms with Crippen LogP contribution in [0.4, 0.5) is 10.7 Å². The number of rotatable bonds is 6. The smallest absolute Gasteiger partial charge is 0.410 e. The molecule has 1 amide bonds. The lowest BCUT2D eigenvalue weighted by Crippen LogP contribution is -2.50. The van der Waals surface area contributed by atoms with E-state index in [9.17, 15) is 13.2 Å². The number of carbonyl (C=O) groups is 1. The average molecular weight is 446 g/mol. The van der Waals surface area contributed by atoms with E-state index in [1.54, 1.807) is 18.5 Å². The van der Waals surface area contributed by atoms with Gasteiger partial charge in [-0.3, -0.25) is 0 Å². The van der Waals surface area contributed by atoms with Crippen molar-refractivity contribution in [3.8, 4) is 0 Å². The first-order valence-corrected chi connectivity index (χ1v) is 12.0. The number of aromatic nitrogens is 2. The molecule has 0 aliphatic carbocycles. The Bertz CT molecular complexity index is 974. The first kappa shape index (κ1) is 21.5. The van der Waals surface area contributed by atoms with Gasteiger partial charge in [0.05, 0.1) is 5.25 Å². The first-order valence-electron chi connectivity index (χ1n) is 10.5. The highest BCUT2D eigenvalue weighted by Gasteiger charge is 2.37. The molecule has 9 nitrogen and oxygen atoms in total. The molecule has 0 unspecified atom stereocenters. The van der Waals surface area contributed by atoms with E-state index in [0.29, 0.717) is 25.5 Å². The quantitative estimate of drug-likeness (QED) is 0.723. The second kappa shape index (κ2) is 9.61. The van der Waals surface area contributed by atoms with E-state index < -0.39 is 21.4 Å². The summed E-state index contributed by atoms with van der Waals surface area (Å²) in [6, 6.07) is 11.0. The number of nitrogens with zero attached hydrogens (tertiary/aromatic N) is 4. The van der Waals surface area contributed by atoms with Crippen LogP contribution in [0.3, 0.4) is 0 Å². The van der Waals surface area contributed by atoms with Gasteiger partial charge in [-0.15, -0.1) is 0 Å². The van der Waals surface area contributed by atoms with Crippen molar-refractivity contribution in [1.82, 2.24) is 19.6 Å². The second-order valence-electron chi connectivity index (χ2n) is 7.89. The predicted molar refractivity (Wildman–Crippen MR) is 116 cm³/mol.